The van der Waals surface area contributed by atoms with Crippen molar-refractivity contribution in [2.24, 2.45) is 0 Å². The van der Waals surface area contributed by atoms with Crippen LogP contribution in [0.5, 0.6) is 0 Å². The van der Waals surface area contributed by atoms with Crippen LogP contribution in [-0.4, -0.2) is 71.9 Å². The number of carbonyl (C=O) groups excluding carboxylic acids is 1. The number of carbonyl (C=O) groups is 1. The van der Waals surface area contributed by atoms with Crippen LogP contribution in [-0.2, 0) is 23.1 Å². The molecule has 0 spiro atoms. The number of hydrogen-bond acceptors (Lipinski definition) is 8. The number of nitrogens with zero attached hydrogens (tertiary/aromatic N) is 5. The minimum atomic E-state index is -3.98. The van der Waals surface area contributed by atoms with Crippen molar-refractivity contribution < 1.29 is 22.5 Å². The number of aromatic nitrogens is 2. The van der Waals surface area contributed by atoms with Gasteiger partial charge in [0.05, 0.1) is 22.1 Å². The third-order valence-corrected chi connectivity index (χ3v) is 8.35. The Labute approximate surface area is 211 Å². The average molecular weight is 530 g/mol. The summed E-state index contributed by atoms with van der Waals surface area (Å²) in [5.41, 5.74) is 1.32. The minimum absolute atomic E-state index is 0.0256. The van der Waals surface area contributed by atoms with E-state index in [0.717, 1.165) is 29.5 Å². The summed E-state index contributed by atoms with van der Waals surface area (Å²) in [6, 6.07) is 9.05. The monoisotopic (exact) mass is 529 g/mol. The van der Waals surface area contributed by atoms with E-state index in [1.807, 2.05) is 11.9 Å². The normalized spacial score (nSPS) is 16.5. The van der Waals surface area contributed by atoms with Gasteiger partial charge in [-0.1, -0.05) is 6.07 Å². The molecule has 0 unspecified atom stereocenters. The van der Waals surface area contributed by atoms with Crippen molar-refractivity contribution in [1.82, 2.24) is 19.4 Å². The first kappa shape index (κ1) is 24.8. The molecule has 0 atom stereocenters. The number of likely N-dealkylation sites (N-methyl/N-ethyl adjacent to an activating group) is 1. The number of amides is 1. The molecule has 14 heteroatoms. The number of hydrogen-bond donors (Lipinski definition) is 2. The molecule has 1 aromatic heterocycles. The lowest BCUT2D eigenvalue weighted by molar-refractivity contribution is -0.384. The first-order valence-corrected chi connectivity index (χ1v) is 12.9. The Morgan fingerprint density at radius 3 is 2.59 bits per heavy atom. The summed E-state index contributed by atoms with van der Waals surface area (Å²) < 4.78 is 40.7. The highest BCUT2D eigenvalue weighted by atomic mass is 32.2. The Kier molecular flexibility index (Phi) is 6.39. The van der Waals surface area contributed by atoms with E-state index in [-0.39, 0.29) is 35.1 Å². The van der Waals surface area contributed by atoms with Crippen molar-refractivity contribution in [2.45, 2.75) is 18.0 Å². The molecule has 0 radical (unpaired) electrons. The van der Waals surface area contributed by atoms with E-state index in [0.29, 0.717) is 30.0 Å². The number of piperazine rings is 1. The molecule has 2 aliphatic rings. The fourth-order valence-corrected chi connectivity index (χ4v) is 5.87. The second-order valence-corrected chi connectivity index (χ2v) is 10.9. The SMILES string of the molecule is CN1CCN(c2ccc(C(=O)Nc3n[nH]c4c3CN(S(=O)(=O)c3cccc(F)c3)C4)cc2[N+](=O)[O-])CC1. The van der Waals surface area contributed by atoms with Gasteiger partial charge in [-0.15, -0.1) is 0 Å². The third-order valence-electron chi connectivity index (χ3n) is 6.57. The van der Waals surface area contributed by atoms with Gasteiger partial charge in [0.2, 0.25) is 10.0 Å². The standard InChI is InChI=1S/C23H24FN7O5S/c1-28-7-9-29(10-8-28)20-6-5-15(11-21(20)31(33)34)23(32)25-22-18-13-30(14-19(18)26-27-22)37(35,36)17-4-2-3-16(24)12-17/h2-6,11-12H,7-10,13-14H2,1H3,(H2,25,26,27,32). The zero-order valence-electron chi connectivity index (χ0n) is 19.8. The molecule has 1 amide bonds. The molecular formula is C23H24FN7O5S. The van der Waals surface area contributed by atoms with Crippen LogP contribution in [0.2, 0.25) is 0 Å². The molecule has 3 heterocycles. The van der Waals surface area contributed by atoms with Crippen LogP contribution < -0.4 is 10.2 Å². The van der Waals surface area contributed by atoms with E-state index in [2.05, 4.69) is 20.4 Å². The first-order chi connectivity index (χ1) is 17.6. The van der Waals surface area contributed by atoms with Gasteiger partial charge in [0.25, 0.3) is 11.6 Å². The molecular weight excluding hydrogens is 505 g/mol. The van der Waals surface area contributed by atoms with Crippen molar-refractivity contribution in [2.75, 3.05) is 43.4 Å². The fraction of sp³-hybridized carbons (Fsp3) is 0.304. The van der Waals surface area contributed by atoms with Crippen molar-refractivity contribution in [3.63, 3.8) is 0 Å². The van der Waals surface area contributed by atoms with Crippen molar-refractivity contribution in [3.8, 4) is 0 Å². The van der Waals surface area contributed by atoms with Crippen LogP contribution in [0.15, 0.2) is 47.4 Å². The number of halogens is 1. The van der Waals surface area contributed by atoms with Crippen LogP contribution in [0.25, 0.3) is 0 Å². The molecule has 2 aromatic carbocycles. The number of fused-ring (bicyclic) bond motifs is 1. The second kappa shape index (κ2) is 9.53. The lowest BCUT2D eigenvalue weighted by atomic mass is 10.1. The molecule has 2 N–H and O–H groups in total. The van der Waals surface area contributed by atoms with Crippen molar-refractivity contribution in [1.29, 1.82) is 0 Å². The van der Waals surface area contributed by atoms with E-state index < -0.39 is 26.7 Å². The topological polar surface area (TPSA) is 145 Å². The fourth-order valence-electron chi connectivity index (χ4n) is 4.47. The highest BCUT2D eigenvalue weighted by molar-refractivity contribution is 7.89. The molecule has 3 aromatic rings. The number of nitro benzene ring substituents is 1. The maximum Gasteiger partial charge on any atom is 0.293 e. The average Bonchev–Trinajstić information content (AvgIpc) is 3.47. The highest BCUT2D eigenvalue weighted by Gasteiger charge is 2.34. The van der Waals surface area contributed by atoms with Gasteiger partial charge in [-0.2, -0.15) is 9.40 Å². The van der Waals surface area contributed by atoms with Gasteiger partial charge in [-0.25, -0.2) is 12.8 Å². The Bertz CT molecular complexity index is 1480. The van der Waals surface area contributed by atoms with Crippen molar-refractivity contribution >= 4 is 33.1 Å². The Morgan fingerprint density at radius 1 is 1.14 bits per heavy atom. The van der Waals surface area contributed by atoms with Gasteiger partial charge in [0.15, 0.2) is 5.82 Å². The van der Waals surface area contributed by atoms with E-state index in [9.17, 15) is 27.7 Å². The molecule has 0 aliphatic carbocycles. The summed E-state index contributed by atoms with van der Waals surface area (Å²) in [5, 5.41) is 21.2. The lowest BCUT2D eigenvalue weighted by Crippen LogP contribution is -2.44. The molecule has 12 nitrogen and oxygen atoms in total. The number of H-pyrrole nitrogens is 1. The van der Waals surface area contributed by atoms with Gasteiger partial charge >= 0.3 is 0 Å². The molecule has 1 saturated heterocycles. The second-order valence-electron chi connectivity index (χ2n) is 8.96. The maximum atomic E-state index is 13.6. The van der Waals surface area contributed by atoms with E-state index in [1.165, 1.54) is 24.3 Å². The first-order valence-electron chi connectivity index (χ1n) is 11.5. The van der Waals surface area contributed by atoms with Gasteiger partial charge in [-0.05, 0) is 37.4 Å². The van der Waals surface area contributed by atoms with Crippen LogP contribution in [0.1, 0.15) is 21.6 Å². The summed E-state index contributed by atoms with van der Waals surface area (Å²) in [6.45, 7) is 2.71. The summed E-state index contributed by atoms with van der Waals surface area (Å²) in [4.78, 5) is 28.1. The molecule has 194 valence electrons. The van der Waals surface area contributed by atoms with Crippen LogP contribution in [0.3, 0.4) is 0 Å². The molecule has 5 rings (SSSR count). The molecule has 1 fully saturated rings. The maximum absolute atomic E-state index is 13.6. The Balaban J connectivity index is 1.34. The van der Waals surface area contributed by atoms with Gasteiger partial charge in [0.1, 0.15) is 11.5 Å². The zero-order chi connectivity index (χ0) is 26.3. The molecule has 37 heavy (non-hydrogen) atoms. The van der Waals surface area contributed by atoms with Crippen LogP contribution >= 0.6 is 0 Å². The summed E-state index contributed by atoms with van der Waals surface area (Å²) >= 11 is 0. The summed E-state index contributed by atoms with van der Waals surface area (Å²) in [7, 11) is -1.99. The molecule has 0 bridgehead atoms. The van der Waals surface area contributed by atoms with E-state index in [4.69, 9.17) is 0 Å². The predicted molar refractivity (Wildman–Crippen MR) is 132 cm³/mol. The number of nitro groups is 1. The number of rotatable bonds is 6. The summed E-state index contributed by atoms with van der Waals surface area (Å²) in [6.07, 6.45) is 0. The van der Waals surface area contributed by atoms with Crippen molar-refractivity contribution in [3.05, 3.63) is 75.2 Å². The number of nitrogens with one attached hydrogen (secondary N) is 2. The molecule has 0 saturated carbocycles. The molecule has 2 aliphatic heterocycles. The van der Waals surface area contributed by atoms with Crippen LogP contribution in [0, 0.1) is 15.9 Å². The highest BCUT2D eigenvalue weighted by Crippen LogP contribution is 2.33. The lowest BCUT2D eigenvalue weighted by Gasteiger charge is -2.33. The largest absolute Gasteiger partial charge is 0.363 e. The third kappa shape index (κ3) is 4.77. The zero-order valence-corrected chi connectivity index (χ0v) is 20.7. The van der Waals surface area contributed by atoms with Gasteiger partial charge in [-0.3, -0.25) is 20.0 Å². The number of anilines is 2. The predicted octanol–water partition coefficient (Wildman–Crippen LogP) is 2.17. The van der Waals surface area contributed by atoms with E-state index in [1.54, 1.807) is 6.07 Å². The van der Waals surface area contributed by atoms with Gasteiger partial charge in [0, 0.05) is 49.9 Å². The van der Waals surface area contributed by atoms with Crippen LogP contribution in [0.4, 0.5) is 21.6 Å². The number of sulfonamides is 1. The number of aromatic amines is 1. The van der Waals surface area contributed by atoms with E-state index >= 15 is 0 Å². The smallest absolute Gasteiger partial charge is 0.293 e. The number of benzene rings is 2. The minimum Gasteiger partial charge on any atom is -0.363 e. The van der Waals surface area contributed by atoms with Gasteiger partial charge < -0.3 is 15.1 Å². The summed E-state index contributed by atoms with van der Waals surface area (Å²) in [5.74, 6) is -1.15. The Hall–Kier alpha value is -3.88. The Morgan fingerprint density at radius 2 is 1.89 bits per heavy atom. The quantitative estimate of drug-likeness (QED) is 0.365.